The Kier molecular flexibility index (Phi) is 9.89. The number of carbonyl (C=O) groups is 2. The summed E-state index contributed by atoms with van der Waals surface area (Å²) in [6, 6.07) is 11.8. The number of methoxy groups -OCH3 is 1. The number of likely N-dealkylation sites (N-methyl/N-ethyl adjacent to an activating group) is 1. The van der Waals surface area contributed by atoms with Crippen LogP contribution < -0.4 is 19.3 Å². The minimum absolute atomic E-state index is 0.0406. The van der Waals surface area contributed by atoms with E-state index in [1.54, 1.807) is 24.4 Å². The van der Waals surface area contributed by atoms with Crippen molar-refractivity contribution in [2.75, 3.05) is 50.8 Å². The van der Waals surface area contributed by atoms with Gasteiger partial charge in [0.05, 0.1) is 51.3 Å². The first-order valence-corrected chi connectivity index (χ1v) is 16.9. The van der Waals surface area contributed by atoms with Gasteiger partial charge in [0.2, 0.25) is 11.8 Å². The minimum Gasteiger partial charge on any atom is -0.493 e. The molecule has 47 heavy (non-hydrogen) atoms. The van der Waals surface area contributed by atoms with Crippen molar-refractivity contribution in [3.05, 3.63) is 70.5 Å². The number of rotatable bonds is 10. The molecule has 3 aliphatic rings. The quantitative estimate of drug-likeness (QED) is 0.281. The lowest BCUT2D eigenvalue weighted by Gasteiger charge is -2.37. The molecule has 0 spiro atoms. The second-order valence-corrected chi connectivity index (χ2v) is 13.9. The van der Waals surface area contributed by atoms with E-state index in [-0.39, 0.29) is 30.4 Å². The summed E-state index contributed by atoms with van der Waals surface area (Å²) >= 11 is 6.20. The van der Waals surface area contributed by atoms with Crippen molar-refractivity contribution in [2.24, 2.45) is 5.92 Å². The lowest BCUT2D eigenvalue weighted by atomic mass is 9.85. The molecule has 0 N–H and O–H groups in total. The van der Waals surface area contributed by atoms with E-state index in [0.717, 1.165) is 61.4 Å². The van der Waals surface area contributed by atoms with Crippen LogP contribution in [0.1, 0.15) is 62.3 Å². The molecule has 2 aromatic carbocycles. The third-order valence-electron chi connectivity index (χ3n) is 9.70. The van der Waals surface area contributed by atoms with Gasteiger partial charge >= 0.3 is 0 Å². The molecular weight excluding hydrogens is 616 g/mol. The fourth-order valence-electron chi connectivity index (χ4n) is 7.23. The number of carbonyl (C=O) groups excluding carboxylic acids is 2. The predicted molar refractivity (Wildman–Crippen MR) is 183 cm³/mol. The highest BCUT2D eigenvalue weighted by atomic mass is 35.5. The normalized spacial score (nSPS) is 21.7. The maximum atomic E-state index is 13.8. The molecule has 3 aromatic rings. The number of hydrogen-bond donors (Lipinski definition) is 0. The van der Waals surface area contributed by atoms with Crippen LogP contribution in [0.3, 0.4) is 0 Å². The van der Waals surface area contributed by atoms with Crippen molar-refractivity contribution >= 4 is 35.1 Å². The number of anilines is 2. The van der Waals surface area contributed by atoms with Crippen molar-refractivity contribution in [3.8, 4) is 11.5 Å². The van der Waals surface area contributed by atoms with Crippen molar-refractivity contribution in [3.63, 3.8) is 0 Å². The largest absolute Gasteiger partial charge is 0.493 e. The average Bonchev–Trinajstić information content (AvgIpc) is 3.39. The summed E-state index contributed by atoms with van der Waals surface area (Å²) in [7, 11) is 5.55. The number of nitrogens with zero attached hydrogens (tertiary/aromatic N) is 6. The molecule has 1 unspecified atom stereocenters. The molecular formula is C36H45ClN6O4. The van der Waals surface area contributed by atoms with Crippen LogP contribution in [0.4, 0.5) is 11.6 Å². The van der Waals surface area contributed by atoms with Crippen LogP contribution in [-0.4, -0.2) is 84.7 Å². The van der Waals surface area contributed by atoms with Gasteiger partial charge in [0.15, 0.2) is 17.3 Å². The second kappa shape index (κ2) is 14.1. The van der Waals surface area contributed by atoms with Gasteiger partial charge in [-0.15, -0.1) is 0 Å². The topological polar surface area (TPSA) is 91.3 Å². The smallest absolute Gasteiger partial charge is 0.237 e. The van der Waals surface area contributed by atoms with Crippen LogP contribution in [0.15, 0.2) is 48.8 Å². The molecule has 3 heterocycles. The number of amides is 2. The zero-order chi connectivity index (χ0) is 33.2. The summed E-state index contributed by atoms with van der Waals surface area (Å²) in [4.78, 5) is 43.5. The minimum atomic E-state index is -0.327. The highest BCUT2D eigenvalue weighted by molar-refractivity contribution is 6.30. The van der Waals surface area contributed by atoms with E-state index in [9.17, 15) is 9.59 Å². The highest BCUT2D eigenvalue weighted by Gasteiger charge is 2.37. The van der Waals surface area contributed by atoms with Crippen LogP contribution in [0.25, 0.3) is 0 Å². The number of fused-ring (bicyclic) bond motifs is 1. The molecule has 1 aliphatic carbocycles. The lowest BCUT2D eigenvalue weighted by Crippen LogP contribution is -2.42. The molecule has 0 radical (unpaired) electrons. The second-order valence-electron chi connectivity index (χ2n) is 13.4. The summed E-state index contributed by atoms with van der Waals surface area (Å²) < 4.78 is 11.8. The monoisotopic (exact) mass is 660 g/mol. The lowest BCUT2D eigenvalue weighted by molar-refractivity contribution is -0.125. The maximum Gasteiger partial charge on any atom is 0.237 e. The van der Waals surface area contributed by atoms with Crippen LogP contribution in [0.5, 0.6) is 11.5 Å². The van der Waals surface area contributed by atoms with Crippen molar-refractivity contribution in [1.29, 1.82) is 0 Å². The number of aromatic nitrogens is 2. The Balaban J connectivity index is 1.20. The molecule has 0 bridgehead atoms. The van der Waals surface area contributed by atoms with Crippen LogP contribution in [-0.2, 0) is 22.4 Å². The van der Waals surface area contributed by atoms with E-state index in [1.165, 1.54) is 0 Å². The molecule has 6 rings (SSSR count). The van der Waals surface area contributed by atoms with Gasteiger partial charge in [-0.1, -0.05) is 23.7 Å². The van der Waals surface area contributed by atoms with Gasteiger partial charge in [0.1, 0.15) is 5.82 Å². The number of benzene rings is 2. The van der Waals surface area contributed by atoms with Gasteiger partial charge in [-0.25, -0.2) is 9.97 Å². The fraction of sp³-hybridized carbons (Fsp3) is 0.500. The van der Waals surface area contributed by atoms with Crippen molar-refractivity contribution < 1.29 is 19.1 Å². The summed E-state index contributed by atoms with van der Waals surface area (Å²) in [5.74, 6) is 3.28. The maximum absolute atomic E-state index is 13.8. The third-order valence-corrected chi connectivity index (χ3v) is 9.95. The number of ether oxygens (including phenoxy) is 2. The molecule has 11 heteroatoms. The fourth-order valence-corrected chi connectivity index (χ4v) is 7.36. The third kappa shape index (κ3) is 7.33. The Morgan fingerprint density at radius 3 is 2.36 bits per heavy atom. The summed E-state index contributed by atoms with van der Waals surface area (Å²) in [6.45, 7) is 6.13. The van der Waals surface area contributed by atoms with E-state index in [2.05, 4.69) is 16.8 Å². The molecule has 1 aromatic heterocycles. The summed E-state index contributed by atoms with van der Waals surface area (Å²) in [5.41, 5.74) is 2.97. The highest BCUT2D eigenvalue weighted by Crippen LogP contribution is 2.42. The Bertz CT molecular complexity index is 1580. The van der Waals surface area contributed by atoms with E-state index in [0.29, 0.717) is 47.3 Å². The van der Waals surface area contributed by atoms with Gasteiger partial charge in [-0.3, -0.25) is 19.4 Å². The first-order chi connectivity index (χ1) is 22.6. The average molecular weight is 661 g/mol. The van der Waals surface area contributed by atoms with E-state index in [4.69, 9.17) is 31.0 Å². The molecule has 1 atom stereocenters. The van der Waals surface area contributed by atoms with Crippen molar-refractivity contribution in [1.82, 2.24) is 19.8 Å². The number of hydrogen-bond acceptors (Lipinski definition) is 8. The van der Waals surface area contributed by atoms with E-state index < -0.39 is 0 Å². The van der Waals surface area contributed by atoms with E-state index in [1.807, 2.05) is 62.2 Å². The standard InChI is InChI=1S/C36H45ClN6O4/c1-23(2)47-32-17-29-26(15-31(32)46-5)16-35(44)43(30(29)14-24-6-10-27(37)11-7-24)34-19-38-33(18-39-34)40(3)20-25-8-12-28(13-9-25)42-21-36(45)41(4)22-42/h6-7,10-11,15,17-19,23,25,28,30H,8-9,12-14,16,20-22H2,1-5H3. The van der Waals surface area contributed by atoms with Gasteiger partial charge < -0.3 is 19.3 Å². The zero-order valence-corrected chi connectivity index (χ0v) is 28.7. The van der Waals surface area contributed by atoms with Crippen LogP contribution >= 0.6 is 11.6 Å². The Labute approximate surface area is 282 Å². The Morgan fingerprint density at radius 2 is 1.74 bits per heavy atom. The summed E-state index contributed by atoms with van der Waals surface area (Å²) in [5, 5.41) is 0.664. The predicted octanol–water partition coefficient (Wildman–Crippen LogP) is 5.53. The van der Waals surface area contributed by atoms with Crippen molar-refractivity contribution in [2.45, 2.75) is 70.6 Å². The Morgan fingerprint density at radius 1 is 1.00 bits per heavy atom. The van der Waals surface area contributed by atoms with Gasteiger partial charge in [-0.05, 0) is 92.8 Å². The molecule has 1 saturated carbocycles. The zero-order valence-electron chi connectivity index (χ0n) is 28.0. The van der Waals surface area contributed by atoms with Gasteiger partial charge in [-0.2, -0.15) is 0 Å². The van der Waals surface area contributed by atoms with Gasteiger partial charge in [0, 0.05) is 31.7 Å². The molecule has 250 valence electrons. The van der Waals surface area contributed by atoms with Crippen LogP contribution in [0, 0.1) is 5.92 Å². The summed E-state index contributed by atoms with van der Waals surface area (Å²) in [6.07, 6.45) is 8.69. The van der Waals surface area contributed by atoms with Crippen LogP contribution in [0.2, 0.25) is 5.02 Å². The molecule has 1 saturated heterocycles. The molecule has 2 fully saturated rings. The Hall–Kier alpha value is -3.89. The first kappa shape index (κ1) is 33.0. The number of halogens is 1. The SMILES string of the molecule is COc1cc2c(cc1OC(C)C)C(Cc1ccc(Cl)cc1)N(c1cnc(N(C)CC3CCC(N4CC(=O)N(C)C4)CC3)cn1)C(=O)C2. The molecule has 2 amide bonds. The molecule has 2 aliphatic heterocycles. The van der Waals surface area contributed by atoms with Gasteiger partial charge in [0.25, 0.3) is 0 Å². The molecule has 10 nitrogen and oxygen atoms in total. The first-order valence-electron chi connectivity index (χ1n) is 16.5. The van der Waals surface area contributed by atoms with E-state index >= 15 is 0 Å².